The van der Waals surface area contributed by atoms with Crippen LogP contribution in [0.2, 0.25) is 0 Å². The highest BCUT2D eigenvalue weighted by atomic mass is 31.1. The first-order valence-corrected chi connectivity index (χ1v) is 9.49. The van der Waals surface area contributed by atoms with Gasteiger partial charge in [0.15, 0.2) is 0 Å². The van der Waals surface area contributed by atoms with Gasteiger partial charge in [-0.25, -0.2) is 0 Å². The zero-order valence-electron chi connectivity index (χ0n) is 14.0. The summed E-state index contributed by atoms with van der Waals surface area (Å²) in [5, 5.41) is 3.22. The van der Waals surface area contributed by atoms with E-state index >= 15 is 0 Å². The molecule has 0 fully saturated rings. The molecule has 0 radical (unpaired) electrons. The number of rotatable bonds is 5. The maximum absolute atomic E-state index is 2.29. The largest absolute Gasteiger partial charge is 0.0654 e. The molecule has 0 spiro atoms. The van der Waals surface area contributed by atoms with Gasteiger partial charge >= 0.3 is 0 Å². The molecule has 0 aliphatic heterocycles. The lowest BCUT2D eigenvalue weighted by atomic mass is 10.1. The van der Waals surface area contributed by atoms with Crippen molar-refractivity contribution in [2.45, 2.75) is 47.5 Å². The molecular weight excluding hydrogens is 271 g/mol. The minimum atomic E-state index is -0.240. The van der Waals surface area contributed by atoms with Gasteiger partial charge in [0.05, 0.1) is 0 Å². The quantitative estimate of drug-likeness (QED) is 0.669. The summed E-state index contributed by atoms with van der Waals surface area (Å²) in [7, 11) is -0.240. The zero-order chi connectivity index (χ0) is 15.4. The maximum Gasteiger partial charge on any atom is -0.0137 e. The molecule has 112 valence electrons. The Morgan fingerprint density at radius 3 is 1.43 bits per heavy atom. The van der Waals surface area contributed by atoms with Gasteiger partial charge in [-0.05, 0) is 81.1 Å². The standard InChI is InChI=1S/C20H27P/c1-6-7-14-21(19-15(2)10-8-11-16(19)3)20-17(4)12-9-13-18(20)5/h8-13H,6-7,14H2,1-5H3. The number of aryl methyl sites for hydroxylation is 4. The molecular formula is C20H27P. The van der Waals surface area contributed by atoms with E-state index < -0.39 is 0 Å². The monoisotopic (exact) mass is 298 g/mol. The van der Waals surface area contributed by atoms with E-state index in [-0.39, 0.29) is 7.92 Å². The van der Waals surface area contributed by atoms with Crippen LogP contribution in [-0.2, 0) is 0 Å². The predicted molar refractivity (Wildman–Crippen MR) is 97.8 cm³/mol. The van der Waals surface area contributed by atoms with Crippen molar-refractivity contribution in [2.24, 2.45) is 0 Å². The second kappa shape index (κ2) is 7.23. The fourth-order valence-electron chi connectivity index (χ4n) is 3.11. The Morgan fingerprint density at radius 1 is 0.714 bits per heavy atom. The predicted octanol–water partition coefficient (Wildman–Crippen LogP) is 5.15. The molecule has 0 unspecified atom stereocenters. The van der Waals surface area contributed by atoms with Gasteiger partial charge in [0.1, 0.15) is 0 Å². The van der Waals surface area contributed by atoms with Crippen molar-refractivity contribution in [3.63, 3.8) is 0 Å². The van der Waals surface area contributed by atoms with Crippen LogP contribution in [0.15, 0.2) is 36.4 Å². The second-order valence-corrected chi connectivity index (χ2v) is 8.18. The fraction of sp³-hybridized carbons (Fsp3) is 0.400. The molecule has 0 amide bonds. The zero-order valence-corrected chi connectivity index (χ0v) is 14.9. The van der Waals surface area contributed by atoms with Crippen molar-refractivity contribution in [3.05, 3.63) is 58.7 Å². The van der Waals surface area contributed by atoms with Crippen LogP contribution in [0.4, 0.5) is 0 Å². The number of unbranched alkanes of at least 4 members (excludes halogenated alkanes) is 1. The first-order chi connectivity index (χ1) is 10.1. The Kier molecular flexibility index (Phi) is 5.59. The van der Waals surface area contributed by atoms with Crippen LogP contribution in [0.25, 0.3) is 0 Å². The van der Waals surface area contributed by atoms with Gasteiger partial charge in [0.2, 0.25) is 0 Å². The second-order valence-electron chi connectivity index (χ2n) is 5.99. The van der Waals surface area contributed by atoms with Gasteiger partial charge < -0.3 is 0 Å². The summed E-state index contributed by atoms with van der Waals surface area (Å²) in [5.41, 5.74) is 5.83. The molecule has 2 rings (SSSR count). The summed E-state index contributed by atoms with van der Waals surface area (Å²) >= 11 is 0. The fourth-order valence-corrected chi connectivity index (χ4v) is 6.42. The SMILES string of the molecule is CCCCP(c1c(C)cccc1C)c1c(C)cccc1C. The van der Waals surface area contributed by atoms with Gasteiger partial charge in [0, 0.05) is 0 Å². The average Bonchev–Trinajstić information content (AvgIpc) is 2.43. The highest BCUT2D eigenvalue weighted by Gasteiger charge is 2.20. The van der Waals surface area contributed by atoms with Gasteiger partial charge in [-0.2, -0.15) is 0 Å². The summed E-state index contributed by atoms with van der Waals surface area (Å²) in [5.74, 6) is 0. The molecule has 0 aliphatic carbocycles. The lowest BCUT2D eigenvalue weighted by Gasteiger charge is -2.26. The van der Waals surface area contributed by atoms with Crippen LogP contribution in [0.3, 0.4) is 0 Å². The molecule has 0 bridgehead atoms. The van der Waals surface area contributed by atoms with E-state index in [1.54, 1.807) is 10.6 Å². The molecule has 1 heteroatoms. The number of benzene rings is 2. The van der Waals surface area contributed by atoms with Gasteiger partial charge in [-0.1, -0.05) is 49.7 Å². The first kappa shape index (κ1) is 16.2. The third-order valence-corrected chi connectivity index (χ3v) is 7.41. The van der Waals surface area contributed by atoms with Gasteiger partial charge in [0.25, 0.3) is 0 Å². The van der Waals surface area contributed by atoms with E-state index in [0.717, 1.165) is 0 Å². The van der Waals surface area contributed by atoms with Crippen molar-refractivity contribution in [1.29, 1.82) is 0 Å². The third kappa shape index (κ3) is 3.55. The van der Waals surface area contributed by atoms with Crippen molar-refractivity contribution < 1.29 is 0 Å². The summed E-state index contributed by atoms with van der Waals surface area (Å²) in [6.07, 6.45) is 3.89. The highest BCUT2D eigenvalue weighted by molar-refractivity contribution is 7.73. The van der Waals surface area contributed by atoms with E-state index in [1.807, 2.05) is 0 Å². The van der Waals surface area contributed by atoms with Crippen LogP contribution in [0, 0.1) is 27.7 Å². The molecule has 0 heterocycles. The van der Waals surface area contributed by atoms with Gasteiger partial charge in [-0.15, -0.1) is 0 Å². The molecule has 2 aromatic carbocycles. The molecule has 0 N–H and O–H groups in total. The summed E-state index contributed by atoms with van der Waals surface area (Å²) in [4.78, 5) is 0. The Balaban J connectivity index is 2.59. The summed E-state index contributed by atoms with van der Waals surface area (Å²) in [6.45, 7) is 11.4. The molecule has 0 aromatic heterocycles. The van der Waals surface area contributed by atoms with Crippen LogP contribution < -0.4 is 10.6 Å². The number of hydrogen-bond donors (Lipinski definition) is 0. The van der Waals surface area contributed by atoms with Crippen molar-refractivity contribution in [2.75, 3.05) is 6.16 Å². The normalized spacial score (nSPS) is 11.1. The van der Waals surface area contributed by atoms with Crippen molar-refractivity contribution in [1.82, 2.24) is 0 Å². The maximum atomic E-state index is 2.29. The molecule has 0 nitrogen and oxygen atoms in total. The van der Waals surface area contributed by atoms with Crippen LogP contribution in [-0.4, -0.2) is 6.16 Å². The van der Waals surface area contributed by atoms with E-state index in [4.69, 9.17) is 0 Å². The molecule has 0 saturated carbocycles. The van der Waals surface area contributed by atoms with E-state index in [0.29, 0.717) is 0 Å². The molecule has 0 atom stereocenters. The average molecular weight is 298 g/mol. The Bertz CT molecular complexity index is 521. The first-order valence-electron chi connectivity index (χ1n) is 7.96. The minimum Gasteiger partial charge on any atom is -0.0654 e. The van der Waals surface area contributed by atoms with Crippen LogP contribution in [0.5, 0.6) is 0 Å². The van der Waals surface area contributed by atoms with E-state index in [1.165, 1.54) is 41.3 Å². The highest BCUT2D eigenvalue weighted by Crippen LogP contribution is 2.39. The Hall–Kier alpha value is -1.13. The lowest BCUT2D eigenvalue weighted by Crippen LogP contribution is -2.22. The van der Waals surface area contributed by atoms with Crippen LogP contribution >= 0.6 is 7.92 Å². The van der Waals surface area contributed by atoms with E-state index in [2.05, 4.69) is 71.0 Å². The Morgan fingerprint density at radius 2 is 1.10 bits per heavy atom. The molecule has 2 aromatic rings. The van der Waals surface area contributed by atoms with Crippen LogP contribution in [0.1, 0.15) is 42.0 Å². The third-order valence-electron chi connectivity index (χ3n) is 4.15. The van der Waals surface area contributed by atoms with Crippen molar-refractivity contribution in [3.8, 4) is 0 Å². The van der Waals surface area contributed by atoms with Gasteiger partial charge in [-0.3, -0.25) is 0 Å². The van der Waals surface area contributed by atoms with E-state index in [9.17, 15) is 0 Å². The van der Waals surface area contributed by atoms with Crippen molar-refractivity contribution >= 4 is 18.5 Å². The lowest BCUT2D eigenvalue weighted by molar-refractivity contribution is 0.893. The molecule has 21 heavy (non-hydrogen) atoms. The topological polar surface area (TPSA) is 0 Å². The summed E-state index contributed by atoms with van der Waals surface area (Å²) < 4.78 is 0. The minimum absolute atomic E-state index is 0.240. The smallest absolute Gasteiger partial charge is 0.0137 e. The number of hydrogen-bond acceptors (Lipinski definition) is 0. The molecule has 0 saturated heterocycles. The Labute approximate surface area is 131 Å². The summed E-state index contributed by atoms with van der Waals surface area (Å²) in [6, 6.07) is 13.5. The molecule has 0 aliphatic rings.